The van der Waals surface area contributed by atoms with Gasteiger partial charge in [0.05, 0.1) is 6.10 Å². The lowest BCUT2D eigenvalue weighted by Gasteiger charge is -2.10. The molecule has 0 radical (unpaired) electrons. The highest BCUT2D eigenvalue weighted by atomic mass is 32.1. The second kappa shape index (κ2) is 5.03. The molecule has 1 heterocycles. The smallest absolute Gasteiger partial charge is 0.0924 e. The van der Waals surface area contributed by atoms with Crippen molar-refractivity contribution in [3.05, 3.63) is 56.8 Å². The molecule has 1 atom stereocenters. The zero-order valence-corrected chi connectivity index (χ0v) is 11.3. The molecule has 2 rings (SSSR count). The maximum absolute atomic E-state index is 10.3. The number of benzene rings is 1. The van der Waals surface area contributed by atoms with Gasteiger partial charge in [-0.2, -0.15) is 0 Å². The van der Waals surface area contributed by atoms with Crippen molar-refractivity contribution in [2.45, 2.75) is 33.3 Å². The molecule has 2 heteroatoms. The molecule has 0 saturated carbocycles. The van der Waals surface area contributed by atoms with Gasteiger partial charge in [0.25, 0.3) is 0 Å². The Hall–Kier alpha value is -1.12. The monoisotopic (exact) mass is 246 g/mol. The molecular weight excluding hydrogens is 228 g/mol. The van der Waals surface area contributed by atoms with Gasteiger partial charge < -0.3 is 5.11 Å². The Morgan fingerprint density at radius 1 is 1.18 bits per heavy atom. The minimum absolute atomic E-state index is 0.379. The molecule has 1 aromatic carbocycles. The maximum atomic E-state index is 10.3. The van der Waals surface area contributed by atoms with Crippen LogP contribution in [0.3, 0.4) is 0 Å². The predicted octanol–water partition coefficient (Wildman–Crippen LogP) is 3.95. The van der Waals surface area contributed by atoms with Crippen molar-refractivity contribution in [2.75, 3.05) is 0 Å². The van der Waals surface area contributed by atoms with E-state index in [1.807, 2.05) is 6.07 Å². The van der Waals surface area contributed by atoms with Crippen LogP contribution in [0.2, 0.25) is 0 Å². The van der Waals surface area contributed by atoms with E-state index < -0.39 is 0 Å². The zero-order chi connectivity index (χ0) is 12.4. The molecule has 1 N–H and O–H groups in total. The molecule has 2 aromatic rings. The lowest BCUT2D eigenvalue weighted by Crippen LogP contribution is -2.01. The predicted molar refractivity (Wildman–Crippen MR) is 73.6 cm³/mol. The number of aliphatic hydroxyl groups excluding tert-OH is 1. The summed E-state index contributed by atoms with van der Waals surface area (Å²) in [4.78, 5) is 2.37. The molecule has 90 valence electrons. The first kappa shape index (κ1) is 12.3. The molecule has 0 aliphatic heterocycles. The Morgan fingerprint density at radius 3 is 2.53 bits per heavy atom. The molecule has 1 aromatic heterocycles. The quantitative estimate of drug-likeness (QED) is 0.869. The highest BCUT2D eigenvalue weighted by Gasteiger charge is 2.13. The van der Waals surface area contributed by atoms with Gasteiger partial charge in [-0.3, -0.25) is 0 Å². The van der Waals surface area contributed by atoms with E-state index in [1.165, 1.54) is 21.6 Å². The van der Waals surface area contributed by atoms with Crippen LogP contribution in [0.4, 0.5) is 0 Å². The first-order valence-electron chi connectivity index (χ1n) is 5.87. The van der Waals surface area contributed by atoms with E-state index in [4.69, 9.17) is 0 Å². The molecule has 0 fully saturated rings. The molecule has 17 heavy (non-hydrogen) atoms. The largest absolute Gasteiger partial charge is 0.387 e. The first-order chi connectivity index (χ1) is 8.06. The number of thiophene rings is 1. The van der Waals surface area contributed by atoms with Gasteiger partial charge in [-0.25, -0.2) is 0 Å². The van der Waals surface area contributed by atoms with Crippen molar-refractivity contribution in [1.82, 2.24) is 0 Å². The van der Waals surface area contributed by atoms with Gasteiger partial charge in [0.1, 0.15) is 0 Å². The van der Waals surface area contributed by atoms with Crippen molar-refractivity contribution in [3.63, 3.8) is 0 Å². The van der Waals surface area contributed by atoms with Crippen LogP contribution in [0.1, 0.15) is 32.5 Å². The summed E-state index contributed by atoms with van der Waals surface area (Å²) < 4.78 is 0. The van der Waals surface area contributed by atoms with Crippen LogP contribution in [-0.2, 0) is 6.42 Å². The third-order valence-corrected chi connectivity index (χ3v) is 4.15. The van der Waals surface area contributed by atoms with Gasteiger partial charge in [-0.15, -0.1) is 11.3 Å². The van der Waals surface area contributed by atoms with Gasteiger partial charge in [-0.1, -0.05) is 29.8 Å². The summed E-state index contributed by atoms with van der Waals surface area (Å²) in [5.41, 5.74) is 3.64. The van der Waals surface area contributed by atoms with Crippen LogP contribution in [0, 0.1) is 20.8 Å². The average Bonchev–Trinajstić information content (AvgIpc) is 2.58. The van der Waals surface area contributed by atoms with E-state index >= 15 is 0 Å². The fraction of sp³-hybridized carbons (Fsp3) is 0.333. The standard InChI is InChI=1S/C15H18OS/c1-10-5-4-6-13(7-10)9-14(16)15-11(2)8-12(3)17-15/h4-8,14,16H,9H2,1-3H3. The van der Waals surface area contributed by atoms with Crippen molar-refractivity contribution < 1.29 is 5.11 Å². The number of aryl methyl sites for hydroxylation is 3. The van der Waals surface area contributed by atoms with Gasteiger partial charge in [0.2, 0.25) is 0 Å². The third-order valence-electron chi connectivity index (χ3n) is 2.89. The summed E-state index contributed by atoms with van der Waals surface area (Å²) in [6.07, 6.45) is 0.318. The summed E-state index contributed by atoms with van der Waals surface area (Å²) in [5, 5.41) is 10.3. The molecule has 1 unspecified atom stereocenters. The fourth-order valence-corrected chi connectivity index (χ4v) is 3.17. The summed E-state index contributed by atoms with van der Waals surface area (Å²) in [7, 11) is 0. The number of rotatable bonds is 3. The van der Waals surface area contributed by atoms with Gasteiger partial charge in [-0.05, 0) is 38.0 Å². The Balaban J connectivity index is 2.16. The molecule has 0 bridgehead atoms. The Bertz CT molecular complexity index is 513. The van der Waals surface area contributed by atoms with Gasteiger partial charge >= 0.3 is 0 Å². The van der Waals surface area contributed by atoms with E-state index in [0.717, 1.165) is 4.88 Å². The normalized spacial score (nSPS) is 12.7. The van der Waals surface area contributed by atoms with Gasteiger partial charge in [0.15, 0.2) is 0 Å². The van der Waals surface area contributed by atoms with Crippen LogP contribution in [-0.4, -0.2) is 5.11 Å². The summed E-state index contributed by atoms with van der Waals surface area (Å²) >= 11 is 1.70. The molecule has 0 aliphatic rings. The van der Waals surface area contributed by atoms with Gasteiger partial charge in [0, 0.05) is 16.2 Å². The number of hydrogen-bond donors (Lipinski definition) is 1. The Kier molecular flexibility index (Phi) is 3.65. The second-order valence-corrected chi connectivity index (χ2v) is 5.90. The van der Waals surface area contributed by atoms with Crippen LogP contribution >= 0.6 is 11.3 Å². The summed E-state index contributed by atoms with van der Waals surface area (Å²) in [5.74, 6) is 0. The zero-order valence-electron chi connectivity index (χ0n) is 10.5. The van der Waals surface area contributed by atoms with Crippen molar-refractivity contribution in [2.24, 2.45) is 0 Å². The van der Waals surface area contributed by atoms with E-state index in [0.29, 0.717) is 6.42 Å². The first-order valence-corrected chi connectivity index (χ1v) is 6.68. The molecule has 0 spiro atoms. The van der Waals surface area contributed by atoms with Crippen LogP contribution in [0.5, 0.6) is 0 Å². The molecule has 0 amide bonds. The second-order valence-electron chi connectivity index (χ2n) is 4.61. The third kappa shape index (κ3) is 2.96. The van der Waals surface area contributed by atoms with Crippen molar-refractivity contribution in [3.8, 4) is 0 Å². The fourth-order valence-electron chi connectivity index (χ4n) is 2.15. The Labute approximate surface area is 107 Å². The van der Waals surface area contributed by atoms with Crippen LogP contribution < -0.4 is 0 Å². The summed E-state index contributed by atoms with van der Waals surface area (Å²) in [6, 6.07) is 10.5. The highest BCUT2D eigenvalue weighted by Crippen LogP contribution is 2.29. The lowest BCUT2D eigenvalue weighted by molar-refractivity contribution is 0.181. The van der Waals surface area contributed by atoms with Crippen LogP contribution in [0.15, 0.2) is 30.3 Å². The topological polar surface area (TPSA) is 20.2 Å². The molecular formula is C15H18OS. The SMILES string of the molecule is Cc1cccc(CC(O)c2sc(C)cc2C)c1. The average molecular weight is 246 g/mol. The lowest BCUT2D eigenvalue weighted by atomic mass is 10.0. The number of aliphatic hydroxyl groups is 1. The molecule has 1 nitrogen and oxygen atoms in total. The summed E-state index contributed by atoms with van der Waals surface area (Å²) in [6.45, 7) is 6.23. The molecule has 0 saturated heterocycles. The minimum Gasteiger partial charge on any atom is -0.387 e. The molecule has 0 aliphatic carbocycles. The Morgan fingerprint density at radius 2 is 1.94 bits per heavy atom. The van der Waals surface area contributed by atoms with E-state index in [9.17, 15) is 5.11 Å². The highest BCUT2D eigenvalue weighted by molar-refractivity contribution is 7.12. The number of hydrogen-bond acceptors (Lipinski definition) is 2. The van der Waals surface area contributed by atoms with E-state index in [1.54, 1.807) is 11.3 Å². The maximum Gasteiger partial charge on any atom is 0.0924 e. The van der Waals surface area contributed by atoms with Crippen molar-refractivity contribution >= 4 is 11.3 Å². The minimum atomic E-state index is -0.379. The van der Waals surface area contributed by atoms with E-state index in [-0.39, 0.29) is 6.10 Å². The van der Waals surface area contributed by atoms with Crippen LogP contribution in [0.25, 0.3) is 0 Å². The van der Waals surface area contributed by atoms with Crippen molar-refractivity contribution in [1.29, 1.82) is 0 Å². The van der Waals surface area contributed by atoms with E-state index in [2.05, 4.69) is 45.0 Å².